The average molecular weight is 338 g/mol. The van der Waals surface area contributed by atoms with Crippen molar-refractivity contribution in [3.8, 4) is 5.75 Å². The first-order valence-electron chi connectivity index (χ1n) is 6.61. The summed E-state index contributed by atoms with van der Waals surface area (Å²) in [7, 11) is 0. The molecule has 1 saturated heterocycles. The number of hydrogen-bond acceptors (Lipinski definition) is 5. The van der Waals surface area contributed by atoms with Gasteiger partial charge in [0.2, 0.25) is 0 Å². The van der Waals surface area contributed by atoms with E-state index in [0.29, 0.717) is 6.61 Å². The summed E-state index contributed by atoms with van der Waals surface area (Å²) in [6.45, 7) is 4.27. The number of halogens is 1. The Bertz CT molecular complexity index is 608. The molecule has 2 unspecified atom stereocenters. The van der Waals surface area contributed by atoms with E-state index < -0.39 is 0 Å². The molecule has 3 rings (SSSR count). The third-order valence-corrected chi connectivity index (χ3v) is 3.59. The van der Waals surface area contributed by atoms with Crippen molar-refractivity contribution >= 4 is 27.0 Å². The molecule has 1 fully saturated rings. The fraction of sp³-hybridized carbons (Fsp3) is 0.429. The van der Waals surface area contributed by atoms with Crippen LogP contribution >= 0.6 is 15.9 Å². The standard InChI is InChI=1S/C14H16BrN3O2/c1-9-5-16-7-11(20-9)8-19-13-2-3-17-12-4-10(15)6-18-14(12)13/h2-4,6,9,11,16H,5,7-8H2,1H3. The predicted molar refractivity (Wildman–Crippen MR) is 79.9 cm³/mol. The van der Waals surface area contributed by atoms with Crippen LogP contribution in [0.1, 0.15) is 6.92 Å². The molecule has 2 aromatic rings. The summed E-state index contributed by atoms with van der Waals surface area (Å²) in [4.78, 5) is 8.66. The highest BCUT2D eigenvalue weighted by Gasteiger charge is 2.19. The third kappa shape index (κ3) is 3.08. The summed E-state index contributed by atoms with van der Waals surface area (Å²) < 4.78 is 12.6. The Morgan fingerprint density at radius 2 is 2.35 bits per heavy atom. The Balaban J connectivity index is 1.74. The molecule has 0 spiro atoms. The minimum Gasteiger partial charge on any atom is -0.488 e. The van der Waals surface area contributed by atoms with Crippen LogP contribution in [0.5, 0.6) is 5.75 Å². The molecule has 1 aliphatic rings. The first-order chi connectivity index (χ1) is 9.72. The number of pyridine rings is 2. The molecule has 2 atom stereocenters. The lowest BCUT2D eigenvalue weighted by molar-refractivity contribution is -0.0468. The van der Waals surface area contributed by atoms with Gasteiger partial charge in [-0.3, -0.25) is 4.98 Å². The van der Waals surface area contributed by atoms with E-state index in [1.54, 1.807) is 12.4 Å². The van der Waals surface area contributed by atoms with Crippen molar-refractivity contribution in [1.82, 2.24) is 15.3 Å². The lowest BCUT2D eigenvalue weighted by Gasteiger charge is -2.28. The van der Waals surface area contributed by atoms with Gasteiger partial charge < -0.3 is 14.8 Å². The molecule has 0 aliphatic carbocycles. The second-order valence-electron chi connectivity index (χ2n) is 4.87. The molecule has 0 bridgehead atoms. The summed E-state index contributed by atoms with van der Waals surface area (Å²) in [6.07, 6.45) is 3.77. The summed E-state index contributed by atoms with van der Waals surface area (Å²) in [5, 5.41) is 3.33. The summed E-state index contributed by atoms with van der Waals surface area (Å²) >= 11 is 3.39. The highest BCUT2D eigenvalue weighted by molar-refractivity contribution is 9.10. The van der Waals surface area contributed by atoms with E-state index in [1.165, 1.54) is 0 Å². The smallest absolute Gasteiger partial charge is 0.148 e. The maximum absolute atomic E-state index is 5.86. The fourth-order valence-electron chi connectivity index (χ4n) is 2.25. The van der Waals surface area contributed by atoms with Crippen LogP contribution in [0, 0.1) is 0 Å². The van der Waals surface area contributed by atoms with Gasteiger partial charge in [-0.05, 0) is 28.9 Å². The molecule has 2 aromatic heterocycles. The van der Waals surface area contributed by atoms with Crippen molar-refractivity contribution < 1.29 is 9.47 Å². The van der Waals surface area contributed by atoms with E-state index >= 15 is 0 Å². The zero-order valence-corrected chi connectivity index (χ0v) is 12.8. The molecule has 20 heavy (non-hydrogen) atoms. The van der Waals surface area contributed by atoms with E-state index in [0.717, 1.165) is 34.3 Å². The van der Waals surface area contributed by atoms with Gasteiger partial charge in [-0.15, -0.1) is 0 Å². The van der Waals surface area contributed by atoms with E-state index in [4.69, 9.17) is 9.47 Å². The van der Waals surface area contributed by atoms with Crippen molar-refractivity contribution in [2.75, 3.05) is 19.7 Å². The number of hydrogen-bond donors (Lipinski definition) is 1. The molecule has 3 heterocycles. The lowest BCUT2D eigenvalue weighted by Crippen LogP contribution is -2.45. The Morgan fingerprint density at radius 1 is 1.45 bits per heavy atom. The van der Waals surface area contributed by atoms with E-state index in [1.807, 2.05) is 12.1 Å². The maximum Gasteiger partial charge on any atom is 0.148 e. The van der Waals surface area contributed by atoms with Crippen molar-refractivity contribution in [2.24, 2.45) is 0 Å². The van der Waals surface area contributed by atoms with Gasteiger partial charge in [0.05, 0.1) is 11.6 Å². The van der Waals surface area contributed by atoms with Crippen molar-refractivity contribution in [3.63, 3.8) is 0 Å². The summed E-state index contributed by atoms with van der Waals surface area (Å²) in [5.41, 5.74) is 1.58. The number of aromatic nitrogens is 2. The second kappa shape index (κ2) is 6.03. The number of nitrogens with zero attached hydrogens (tertiary/aromatic N) is 2. The monoisotopic (exact) mass is 337 g/mol. The van der Waals surface area contributed by atoms with Gasteiger partial charge in [-0.2, -0.15) is 0 Å². The lowest BCUT2D eigenvalue weighted by atomic mass is 10.2. The zero-order valence-electron chi connectivity index (χ0n) is 11.2. The van der Waals surface area contributed by atoms with E-state index in [2.05, 4.69) is 38.1 Å². The van der Waals surface area contributed by atoms with Crippen molar-refractivity contribution in [3.05, 3.63) is 29.0 Å². The second-order valence-corrected chi connectivity index (χ2v) is 5.78. The van der Waals surface area contributed by atoms with Crippen LogP contribution in [0.15, 0.2) is 29.0 Å². The molecule has 6 heteroatoms. The molecule has 0 saturated carbocycles. The van der Waals surface area contributed by atoms with Gasteiger partial charge >= 0.3 is 0 Å². The minimum atomic E-state index is 0.0670. The first kappa shape index (κ1) is 13.7. The van der Waals surface area contributed by atoms with Crippen LogP contribution in [-0.4, -0.2) is 41.9 Å². The summed E-state index contributed by atoms with van der Waals surface area (Å²) in [6, 6.07) is 3.76. The number of nitrogens with one attached hydrogen (secondary N) is 1. The molecule has 0 radical (unpaired) electrons. The van der Waals surface area contributed by atoms with E-state index in [-0.39, 0.29) is 12.2 Å². The average Bonchev–Trinajstić information content (AvgIpc) is 2.44. The Labute approximate surface area is 125 Å². The van der Waals surface area contributed by atoms with Crippen LogP contribution in [0.3, 0.4) is 0 Å². The molecule has 0 amide bonds. The number of ether oxygens (including phenoxy) is 2. The normalized spacial score (nSPS) is 22.9. The zero-order chi connectivity index (χ0) is 13.9. The van der Waals surface area contributed by atoms with Crippen molar-refractivity contribution in [1.29, 1.82) is 0 Å². The molecule has 1 N–H and O–H groups in total. The van der Waals surface area contributed by atoms with Gasteiger partial charge in [0.15, 0.2) is 0 Å². The predicted octanol–water partition coefficient (Wildman–Crippen LogP) is 2.15. The van der Waals surface area contributed by atoms with Crippen LogP contribution in [0.2, 0.25) is 0 Å². The highest BCUT2D eigenvalue weighted by atomic mass is 79.9. The van der Waals surface area contributed by atoms with Gasteiger partial charge in [0, 0.05) is 36.0 Å². The van der Waals surface area contributed by atoms with Gasteiger partial charge in [0.1, 0.15) is 24.0 Å². The SMILES string of the molecule is CC1CNCC(COc2ccnc3cc(Br)cnc23)O1. The third-order valence-electron chi connectivity index (χ3n) is 3.16. The van der Waals surface area contributed by atoms with Crippen LogP contribution in [-0.2, 0) is 4.74 Å². The van der Waals surface area contributed by atoms with Gasteiger partial charge in [-0.1, -0.05) is 0 Å². The van der Waals surface area contributed by atoms with Gasteiger partial charge in [-0.25, -0.2) is 4.98 Å². The van der Waals surface area contributed by atoms with Crippen molar-refractivity contribution in [2.45, 2.75) is 19.1 Å². The topological polar surface area (TPSA) is 56.3 Å². The maximum atomic E-state index is 5.86. The molecular formula is C14H16BrN3O2. The molecule has 106 valence electrons. The van der Waals surface area contributed by atoms with Gasteiger partial charge in [0.25, 0.3) is 0 Å². The number of rotatable bonds is 3. The fourth-order valence-corrected chi connectivity index (χ4v) is 2.57. The molecule has 1 aliphatic heterocycles. The number of morpholine rings is 1. The molecular weight excluding hydrogens is 322 g/mol. The van der Waals surface area contributed by atoms with Crippen LogP contribution in [0.25, 0.3) is 11.0 Å². The molecule has 5 nitrogen and oxygen atoms in total. The number of fused-ring (bicyclic) bond motifs is 1. The summed E-state index contributed by atoms with van der Waals surface area (Å²) in [5.74, 6) is 0.740. The Hall–Kier alpha value is -1.24. The first-order valence-corrected chi connectivity index (χ1v) is 7.41. The Morgan fingerprint density at radius 3 is 3.20 bits per heavy atom. The van der Waals surface area contributed by atoms with E-state index in [9.17, 15) is 0 Å². The van der Waals surface area contributed by atoms with Crippen LogP contribution in [0.4, 0.5) is 0 Å². The minimum absolute atomic E-state index is 0.0670. The quantitative estimate of drug-likeness (QED) is 0.929. The molecule has 0 aromatic carbocycles. The largest absolute Gasteiger partial charge is 0.488 e. The van der Waals surface area contributed by atoms with Crippen LogP contribution < -0.4 is 10.1 Å². The Kier molecular flexibility index (Phi) is 4.14. The highest BCUT2D eigenvalue weighted by Crippen LogP contribution is 2.24.